The smallest absolute Gasteiger partial charge is 0.240 e. The van der Waals surface area contributed by atoms with Crippen molar-refractivity contribution in [2.45, 2.75) is 45.8 Å². The van der Waals surface area contributed by atoms with Gasteiger partial charge >= 0.3 is 0 Å². The van der Waals surface area contributed by atoms with Gasteiger partial charge in [-0.1, -0.05) is 13.8 Å². The van der Waals surface area contributed by atoms with Gasteiger partial charge in [0, 0.05) is 32.4 Å². The molecule has 20 heavy (non-hydrogen) atoms. The van der Waals surface area contributed by atoms with Crippen LogP contribution in [0.3, 0.4) is 0 Å². The zero-order chi connectivity index (χ0) is 14.8. The van der Waals surface area contributed by atoms with E-state index in [1.165, 1.54) is 0 Å². The van der Waals surface area contributed by atoms with Gasteiger partial charge in [-0.25, -0.2) is 4.98 Å². The lowest BCUT2D eigenvalue weighted by Crippen LogP contribution is -2.36. The van der Waals surface area contributed by atoms with Crippen LogP contribution < -0.4 is 10.6 Å². The predicted molar refractivity (Wildman–Crippen MR) is 78.3 cm³/mol. The second kappa shape index (κ2) is 9.50. The van der Waals surface area contributed by atoms with E-state index < -0.39 is 0 Å². The largest absolute Gasteiger partial charge is 0.383 e. The van der Waals surface area contributed by atoms with Gasteiger partial charge in [0.25, 0.3) is 0 Å². The highest BCUT2D eigenvalue weighted by atomic mass is 16.5. The molecule has 0 fully saturated rings. The molecule has 0 saturated carbocycles. The molecule has 1 heterocycles. The van der Waals surface area contributed by atoms with Gasteiger partial charge in [-0.05, 0) is 12.8 Å². The molecule has 0 radical (unpaired) electrons. The molecule has 0 saturated heterocycles. The number of amides is 1. The fourth-order valence-corrected chi connectivity index (χ4v) is 1.91. The number of rotatable bonds is 10. The summed E-state index contributed by atoms with van der Waals surface area (Å²) in [5, 5.41) is 6.23. The Morgan fingerprint density at radius 3 is 2.85 bits per heavy atom. The third-order valence-corrected chi connectivity index (χ3v) is 3.15. The molecule has 0 aromatic carbocycles. The van der Waals surface area contributed by atoms with E-state index in [0.717, 1.165) is 25.1 Å². The molecule has 6 nitrogen and oxygen atoms in total. The number of imidazole rings is 1. The highest BCUT2D eigenvalue weighted by Crippen LogP contribution is 1.99. The molecule has 0 aliphatic carbocycles. The molecule has 114 valence electrons. The number of hydrogen-bond donors (Lipinski definition) is 2. The minimum absolute atomic E-state index is 0.0370. The molecule has 1 aromatic rings. The van der Waals surface area contributed by atoms with Crippen LogP contribution in [0.5, 0.6) is 0 Å². The third kappa shape index (κ3) is 6.16. The Labute approximate surface area is 120 Å². The van der Waals surface area contributed by atoms with E-state index in [-0.39, 0.29) is 11.9 Å². The lowest BCUT2D eigenvalue weighted by molar-refractivity contribution is -0.122. The van der Waals surface area contributed by atoms with Gasteiger partial charge in [0.1, 0.15) is 6.54 Å². The molecule has 0 bridgehead atoms. The lowest BCUT2D eigenvalue weighted by atomic mass is 10.2. The number of ether oxygens (including phenoxy) is 1. The first kappa shape index (κ1) is 16.7. The third-order valence-electron chi connectivity index (χ3n) is 3.15. The topological polar surface area (TPSA) is 68.2 Å². The number of nitrogens with zero attached hydrogens (tertiary/aromatic N) is 2. The van der Waals surface area contributed by atoms with Crippen LogP contribution in [0, 0.1) is 0 Å². The minimum Gasteiger partial charge on any atom is -0.383 e. The molecule has 6 heteroatoms. The van der Waals surface area contributed by atoms with Gasteiger partial charge in [-0.15, -0.1) is 0 Å². The van der Waals surface area contributed by atoms with Gasteiger partial charge in [-0.2, -0.15) is 0 Å². The average molecular weight is 282 g/mol. The Morgan fingerprint density at radius 1 is 1.45 bits per heavy atom. The van der Waals surface area contributed by atoms with Gasteiger partial charge in [0.05, 0.1) is 18.6 Å². The van der Waals surface area contributed by atoms with Gasteiger partial charge in [0.2, 0.25) is 5.91 Å². The molecule has 1 amide bonds. The Kier molecular flexibility index (Phi) is 7.91. The minimum atomic E-state index is 0.0370. The summed E-state index contributed by atoms with van der Waals surface area (Å²) in [6.07, 6.45) is 5.51. The van der Waals surface area contributed by atoms with Crippen LogP contribution in [-0.2, 0) is 22.6 Å². The summed E-state index contributed by atoms with van der Waals surface area (Å²) < 4.78 is 6.77. The summed E-state index contributed by atoms with van der Waals surface area (Å²) in [6, 6.07) is 0.265. The highest BCUT2D eigenvalue weighted by molar-refractivity contribution is 5.76. The van der Waals surface area contributed by atoms with Crippen molar-refractivity contribution in [1.29, 1.82) is 0 Å². The van der Waals surface area contributed by atoms with E-state index >= 15 is 0 Å². The molecular weight excluding hydrogens is 256 g/mol. The summed E-state index contributed by atoms with van der Waals surface area (Å²) in [7, 11) is 1.68. The van der Waals surface area contributed by atoms with Gasteiger partial charge < -0.3 is 19.9 Å². The predicted octanol–water partition coefficient (Wildman–Crippen LogP) is 0.924. The Balaban J connectivity index is 2.33. The zero-order valence-electron chi connectivity index (χ0n) is 12.7. The molecule has 0 aliphatic heterocycles. The average Bonchev–Trinajstić information content (AvgIpc) is 2.88. The summed E-state index contributed by atoms with van der Waals surface area (Å²) in [4.78, 5) is 16.1. The fraction of sp³-hybridized carbons (Fsp3) is 0.714. The second-order valence-corrected chi connectivity index (χ2v) is 4.79. The first-order valence-corrected chi connectivity index (χ1v) is 7.19. The number of carbonyl (C=O) groups is 1. The Morgan fingerprint density at radius 2 is 2.20 bits per heavy atom. The van der Waals surface area contributed by atoms with Crippen LogP contribution in [-0.4, -0.2) is 41.8 Å². The first-order chi connectivity index (χ1) is 9.69. The van der Waals surface area contributed by atoms with Crippen molar-refractivity contribution in [3.8, 4) is 0 Å². The zero-order valence-corrected chi connectivity index (χ0v) is 12.7. The molecule has 0 unspecified atom stereocenters. The van der Waals surface area contributed by atoms with E-state index in [4.69, 9.17) is 4.74 Å². The van der Waals surface area contributed by atoms with Crippen molar-refractivity contribution in [2.24, 2.45) is 0 Å². The maximum atomic E-state index is 11.9. The van der Waals surface area contributed by atoms with E-state index in [9.17, 15) is 4.79 Å². The standard InChI is InChI=1S/C14H26N4O2/c1-4-12(5-2)17-14(19)10-18-9-13(16-11-18)8-15-6-7-20-3/h9,11-12,15H,4-8,10H2,1-3H3,(H,17,19). The molecule has 0 aliphatic rings. The van der Waals surface area contributed by atoms with E-state index in [1.807, 2.05) is 10.8 Å². The molecule has 1 rings (SSSR count). The Hall–Kier alpha value is -1.40. The molecule has 0 atom stereocenters. The Bertz CT molecular complexity index is 388. The maximum absolute atomic E-state index is 11.9. The van der Waals surface area contributed by atoms with Crippen molar-refractivity contribution >= 4 is 5.91 Å². The van der Waals surface area contributed by atoms with Crippen LogP contribution >= 0.6 is 0 Å². The first-order valence-electron chi connectivity index (χ1n) is 7.19. The van der Waals surface area contributed by atoms with E-state index in [0.29, 0.717) is 19.7 Å². The molecule has 0 spiro atoms. The van der Waals surface area contributed by atoms with Gasteiger partial charge in [0.15, 0.2) is 0 Å². The van der Waals surface area contributed by atoms with Crippen LogP contribution in [0.2, 0.25) is 0 Å². The summed E-state index contributed by atoms with van der Waals surface area (Å²) in [5.41, 5.74) is 0.927. The van der Waals surface area contributed by atoms with Crippen molar-refractivity contribution in [1.82, 2.24) is 20.2 Å². The maximum Gasteiger partial charge on any atom is 0.240 e. The summed E-state index contributed by atoms with van der Waals surface area (Å²) >= 11 is 0. The molecule has 1 aromatic heterocycles. The highest BCUT2D eigenvalue weighted by Gasteiger charge is 2.09. The monoisotopic (exact) mass is 282 g/mol. The number of nitrogens with one attached hydrogen (secondary N) is 2. The van der Waals surface area contributed by atoms with Crippen molar-refractivity contribution in [3.63, 3.8) is 0 Å². The summed E-state index contributed by atoms with van der Waals surface area (Å²) in [5.74, 6) is 0.0370. The normalized spacial score (nSPS) is 11.0. The van der Waals surface area contributed by atoms with Crippen LogP contribution in [0.4, 0.5) is 0 Å². The number of aromatic nitrogens is 2. The van der Waals surface area contributed by atoms with E-state index in [1.54, 1.807) is 13.4 Å². The number of carbonyl (C=O) groups excluding carboxylic acids is 1. The van der Waals surface area contributed by atoms with Crippen molar-refractivity contribution in [2.75, 3.05) is 20.3 Å². The fourth-order valence-electron chi connectivity index (χ4n) is 1.91. The van der Waals surface area contributed by atoms with Crippen LogP contribution in [0.25, 0.3) is 0 Å². The summed E-state index contributed by atoms with van der Waals surface area (Å²) in [6.45, 7) is 6.63. The molecule has 2 N–H and O–H groups in total. The second-order valence-electron chi connectivity index (χ2n) is 4.79. The number of hydrogen-bond acceptors (Lipinski definition) is 4. The lowest BCUT2D eigenvalue weighted by Gasteiger charge is -2.14. The van der Waals surface area contributed by atoms with Crippen LogP contribution in [0.15, 0.2) is 12.5 Å². The SMILES string of the molecule is CCC(CC)NC(=O)Cn1cnc(CNCCOC)c1. The number of methoxy groups -OCH3 is 1. The molecular formula is C14H26N4O2. The quantitative estimate of drug-likeness (QED) is 0.626. The van der Waals surface area contributed by atoms with Crippen molar-refractivity contribution < 1.29 is 9.53 Å². The van der Waals surface area contributed by atoms with E-state index in [2.05, 4.69) is 29.5 Å². The van der Waals surface area contributed by atoms with Crippen molar-refractivity contribution in [3.05, 3.63) is 18.2 Å². The van der Waals surface area contributed by atoms with Gasteiger partial charge in [-0.3, -0.25) is 4.79 Å². The van der Waals surface area contributed by atoms with Crippen LogP contribution in [0.1, 0.15) is 32.4 Å².